The Morgan fingerprint density at radius 2 is 1.78 bits per heavy atom. The van der Waals surface area contributed by atoms with Gasteiger partial charge in [-0.3, -0.25) is 9.59 Å². The van der Waals surface area contributed by atoms with Crippen molar-refractivity contribution in [1.82, 2.24) is 0 Å². The summed E-state index contributed by atoms with van der Waals surface area (Å²) in [5.41, 5.74) is 0.544. The van der Waals surface area contributed by atoms with Crippen LogP contribution in [0.2, 0.25) is 0 Å². The van der Waals surface area contributed by atoms with Gasteiger partial charge in [-0.15, -0.1) is 0 Å². The standard InChI is InChI=1S/C16H22N2O5/c1-16(2,3)23-15(20)10-6-9-7-12(21-4)13(22-5)8-11(9)18(17)14(10)19/h7-8,10H,6,17H2,1-5H3/t10-/m0/s1. The van der Waals surface area contributed by atoms with Crippen molar-refractivity contribution in [2.75, 3.05) is 19.2 Å². The molecule has 0 aromatic heterocycles. The molecule has 1 aromatic rings. The summed E-state index contributed by atoms with van der Waals surface area (Å²) in [6.45, 7) is 5.25. The second-order valence-corrected chi connectivity index (χ2v) is 6.33. The van der Waals surface area contributed by atoms with Gasteiger partial charge in [0.1, 0.15) is 11.5 Å². The molecular weight excluding hydrogens is 300 g/mol. The molecule has 0 radical (unpaired) electrons. The molecule has 1 aromatic carbocycles. The molecule has 2 N–H and O–H groups in total. The van der Waals surface area contributed by atoms with Crippen LogP contribution in [0.3, 0.4) is 0 Å². The van der Waals surface area contributed by atoms with E-state index in [1.54, 1.807) is 32.9 Å². The van der Waals surface area contributed by atoms with E-state index in [0.717, 1.165) is 10.6 Å². The number of carbonyl (C=O) groups excluding carboxylic acids is 2. The number of carbonyl (C=O) groups is 2. The molecule has 7 nitrogen and oxygen atoms in total. The fourth-order valence-electron chi connectivity index (χ4n) is 2.45. The van der Waals surface area contributed by atoms with Crippen LogP contribution in [0, 0.1) is 5.92 Å². The SMILES string of the molecule is COc1cc2c(cc1OC)N(N)C(=O)[C@@H](C(=O)OC(C)(C)C)C2. The first-order chi connectivity index (χ1) is 10.7. The Morgan fingerprint density at radius 1 is 1.22 bits per heavy atom. The Bertz CT molecular complexity index is 636. The average Bonchev–Trinajstić information content (AvgIpc) is 2.47. The normalized spacial score (nSPS) is 17.6. The summed E-state index contributed by atoms with van der Waals surface area (Å²) in [5.74, 6) is 4.80. The van der Waals surface area contributed by atoms with Crippen molar-refractivity contribution >= 4 is 17.6 Å². The number of esters is 1. The van der Waals surface area contributed by atoms with E-state index in [-0.39, 0.29) is 6.42 Å². The summed E-state index contributed by atoms with van der Waals surface area (Å²) in [6.07, 6.45) is 0.205. The van der Waals surface area contributed by atoms with Crippen LogP contribution in [-0.4, -0.2) is 31.7 Å². The lowest BCUT2D eigenvalue weighted by atomic mass is 9.92. The van der Waals surface area contributed by atoms with Gasteiger partial charge in [0, 0.05) is 6.07 Å². The number of amides is 1. The minimum atomic E-state index is -0.968. The summed E-state index contributed by atoms with van der Waals surface area (Å²) in [7, 11) is 3.02. The molecule has 23 heavy (non-hydrogen) atoms. The van der Waals surface area contributed by atoms with Crippen LogP contribution < -0.4 is 20.3 Å². The third-order valence-electron chi connectivity index (χ3n) is 3.50. The molecule has 1 atom stereocenters. The second kappa shape index (κ2) is 6.08. The predicted octanol–water partition coefficient (Wildman–Crippen LogP) is 1.42. The highest BCUT2D eigenvalue weighted by atomic mass is 16.6. The first-order valence-electron chi connectivity index (χ1n) is 7.24. The number of benzene rings is 1. The lowest BCUT2D eigenvalue weighted by Crippen LogP contribution is -2.49. The van der Waals surface area contributed by atoms with Gasteiger partial charge in [0.2, 0.25) is 0 Å². The van der Waals surface area contributed by atoms with E-state index in [0.29, 0.717) is 17.2 Å². The molecular formula is C16H22N2O5. The Hall–Kier alpha value is -2.28. The Morgan fingerprint density at radius 3 is 2.30 bits per heavy atom. The molecule has 1 aliphatic heterocycles. The molecule has 1 heterocycles. The Balaban J connectivity index is 2.38. The topological polar surface area (TPSA) is 91.1 Å². The molecule has 0 bridgehead atoms. The van der Waals surface area contributed by atoms with Crippen LogP contribution in [0.15, 0.2) is 12.1 Å². The van der Waals surface area contributed by atoms with Gasteiger partial charge in [0.15, 0.2) is 11.5 Å². The lowest BCUT2D eigenvalue weighted by molar-refractivity contribution is -0.162. The van der Waals surface area contributed by atoms with E-state index < -0.39 is 23.4 Å². The van der Waals surface area contributed by atoms with E-state index in [9.17, 15) is 9.59 Å². The molecule has 0 saturated carbocycles. The molecule has 0 fully saturated rings. The monoisotopic (exact) mass is 322 g/mol. The van der Waals surface area contributed by atoms with Crippen molar-refractivity contribution in [3.63, 3.8) is 0 Å². The number of anilines is 1. The average molecular weight is 322 g/mol. The maximum atomic E-state index is 12.4. The number of ether oxygens (including phenoxy) is 3. The quantitative estimate of drug-likeness (QED) is 0.392. The van der Waals surface area contributed by atoms with E-state index in [1.165, 1.54) is 14.2 Å². The summed E-state index contributed by atoms with van der Waals surface area (Å²) in [4.78, 5) is 24.7. The molecule has 126 valence electrons. The van der Waals surface area contributed by atoms with Crippen LogP contribution in [-0.2, 0) is 20.7 Å². The van der Waals surface area contributed by atoms with Crippen molar-refractivity contribution < 1.29 is 23.8 Å². The maximum absolute atomic E-state index is 12.4. The summed E-state index contributed by atoms with van der Waals surface area (Å²) < 4.78 is 15.8. The second-order valence-electron chi connectivity index (χ2n) is 6.33. The summed E-state index contributed by atoms with van der Waals surface area (Å²) >= 11 is 0. The van der Waals surface area contributed by atoms with Crippen LogP contribution >= 0.6 is 0 Å². The number of fused-ring (bicyclic) bond motifs is 1. The predicted molar refractivity (Wildman–Crippen MR) is 84.3 cm³/mol. The van der Waals surface area contributed by atoms with Crippen molar-refractivity contribution in [1.29, 1.82) is 0 Å². The highest BCUT2D eigenvalue weighted by Gasteiger charge is 2.39. The lowest BCUT2D eigenvalue weighted by Gasteiger charge is -2.32. The first-order valence-corrected chi connectivity index (χ1v) is 7.24. The molecule has 2 rings (SSSR count). The van der Waals surface area contributed by atoms with E-state index in [1.807, 2.05) is 0 Å². The van der Waals surface area contributed by atoms with Gasteiger partial charge < -0.3 is 14.2 Å². The molecule has 0 aliphatic carbocycles. The molecule has 1 aliphatic rings. The van der Waals surface area contributed by atoms with Crippen LogP contribution in [0.1, 0.15) is 26.3 Å². The van der Waals surface area contributed by atoms with Gasteiger partial charge >= 0.3 is 5.97 Å². The molecule has 0 spiro atoms. The molecule has 0 unspecified atom stereocenters. The van der Waals surface area contributed by atoms with Gasteiger partial charge in [0.25, 0.3) is 5.91 Å². The Labute approximate surface area is 135 Å². The number of nitrogens with two attached hydrogens (primary N) is 1. The number of methoxy groups -OCH3 is 2. The molecule has 0 saturated heterocycles. The summed E-state index contributed by atoms with van der Waals surface area (Å²) in [6, 6.07) is 3.34. The van der Waals surface area contributed by atoms with Gasteiger partial charge in [-0.1, -0.05) is 0 Å². The number of nitrogens with zero attached hydrogens (tertiary/aromatic N) is 1. The summed E-state index contributed by atoms with van der Waals surface area (Å²) in [5, 5.41) is 0.968. The number of hydrogen-bond donors (Lipinski definition) is 1. The van der Waals surface area contributed by atoms with E-state index in [4.69, 9.17) is 20.1 Å². The van der Waals surface area contributed by atoms with Gasteiger partial charge in [-0.25, -0.2) is 10.9 Å². The zero-order valence-corrected chi connectivity index (χ0v) is 14.0. The fraction of sp³-hybridized carbons (Fsp3) is 0.500. The first kappa shape index (κ1) is 17.1. The van der Waals surface area contributed by atoms with Crippen LogP contribution in [0.25, 0.3) is 0 Å². The number of hydrazine groups is 1. The van der Waals surface area contributed by atoms with Crippen molar-refractivity contribution in [2.24, 2.45) is 11.8 Å². The zero-order valence-electron chi connectivity index (χ0n) is 14.0. The third-order valence-corrected chi connectivity index (χ3v) is 3.50. The largest absolute Gasteiger partial charge is 0.493 e. The molecule has 7 heteroatoms. The van der Waals surface area contributed by atoms with Crippen molar-refractivity contribution in [3.05, 3.63) is 17.7 Å². The van der Waals surface area contributed by atoms with Crippen molar-refractivity contribution in [3.8, 4) is 11.5 Å². The minimum absolute atomic E-state index is 0.205. The van der Waals surface area contributed by atoms with Crippen molar-refractivity contribution in [2.45, 2.75) is 32.8 Å². The zero-order chi connectivity index (χ0) is 17.4. The van der Waals surface area contributed by atoms with E-state index >= 15 is 0 Å². The van der Waals surface area contributed by atoms with Crippen LogP contribution in [0.4, 0.5) is 5.69 Å². The fourth-order valence-corrected chi connectivity index (χ4v) is 2.45. The minimum Gasteiger partial charge on any atom is -0.493 e. The van der Waals surface area contributed by atoms with Gasteiger partial charge in [-0.05, 0) is 38.8 Å². The molecule has 1 amide bonds. The highest BCUT2D eigenvalue weighted by Crippen LogP contribution is 2.38. The maximum Gasteiger partial charge on any atom is 0.319 e. The van der Waals surface area contributed by atoms with E-state index in [2.05, 4.69) is 0 Å². The number of hydrogen-bond acceptors (Lipinski definition) is 6. The van der Waals surface area contributed by atoms with Gasteiger partial charge in [0.05, 0.1) is 19.9 Å². The smallest absolute Gasteiger partial charge is 0.319 e. The third kappa shape index (κ3) is 3.39. The van der Waals surface area contributed by atoms with Gasteiger partial charge in [-0.2, -0.15) is 0 Å². The Kier molecular flexibility index (Phi) is 4.51. The highest BCUT2D eigenvalue weighted by molar-refractivity contribution is 6.08. The van der Waals surface area contributed by atoms with Crippen LogP contribution in [0.5, 0.6) is 11.5 Å². The number of rotatable bonds is 3.